The molecule has 0 saturated carbocycles. The van der Waals surface area contributed by atoms with Crippen molar-refractivity contribution in [3.63, 3.8) is 0 Å². The van der Waals surface area contributed by atoms with E-state index in [0.717, 1.165) is 48.5 Å². The van der Waals surface area contributed by atoms with Gasteiger partial charge in [0.15, 0.2) is 11.5 Å². The maximum atomic E-state index is 10.9. The van der Waals surface area contributed by atoms with Crippen LogP contribution in [0.1, 0.15) is 30.1 Å². The largest absolute Gasteiger partial charge is 0.453 e. The number of nitrogens with zero attached hydrogens (tertiary/aromatic N) is 1. The molecule has 102 valence electrons. The number of ether oxygens (including phenoxy) is 1. The molecule has 1 heterocycles. The van der Waals surface area contributed by atoms with Crippen molar-refractivity contribution >= 4 is 17.7 Å². The van der Waals surface area contributed by atoms with E-state index in [-0.39, 0.29) is 0 Å². The van der Waals surface area contributed by atoms with Crippen LogP contribution in [0.25, 0.3) is 0 Å². The number of anilines is 2. The summed E-state index contributed by atoms with van der Waals surface area (Å²) in [5.41, 5.74) is 2.76. The third-order valence-electron chi connectivity index (χ3n) is 3.52. The molecule has 0 aliphatic carbocycles. The minimum Gasteiger partial charge on any atom is -0.453 e. The number of carbonyl (C=O) groups excluding carboxylic acids is 1. The number of benzene rings is 2. The molecule has 0 fully saturated rings. The van der Waals surface area contributed by atoms with Gasteiger partial charge in [-0.05, 0) is 36.8 Å². The average Bonchev–Trinajstić information content (AvgIpc) is 2.50. The number of para-hydroxylation sites is 2. The Labute approximate surface area is 118 Å². The highest BCUT2D eigenvalue weighted by Gasteiger charge is 2.23. The molecule has 0 aromatic heterocycles. The predicted octanol–water partition coefficient (Wildman–Crippen LogP) is 4.54. The first kappa shape index (κ1) is 12.7. The number of rotatable bonds is 4. The van der Waals surface area contributed by atoms with Crippen LogP contribution in [-0.2, 0) is 0 Å². The zero-order valence-electron chi connectivity index (χ0n) is 11.5. The summed E-state index contributed by atoms with van der Waals surface area (Å²) in [5.74, 6) is 1.60. The van der Waals surface area contributed by atoms with Crippen molar-refractivity contribution in [1.29, 1.82) is 0 Å². The van der Waals surface area contributed by atoms with E-state index in [1.165, 1.54) is 0 Å². The zero-order valence-corrected chi connectivity index (χ0v) is 11.5. The Morgan fingerprint density at radius 1 is 1.10 bits per heavy atom. The summed E-state index contributed by atoms with van der Waals surface area (Å²) >= 11 is 0. The number of hydrogen-bond donors (Lipinski definition) is 0. The van der Waals surface area contributed by atoms with Crippen LogP contribution in [0.4, 0.5) is 11.4 Å². The topological polar surface area (TPSA) is 29.5 Å². The van der Waals surface area contributed by atoms with Crippen LogP contribution in [0.5, 0.6) is 11.5 Å². The SMILES string of the molecule is CCCCN1c2ccccc2Oc2cc(C=O)ccc21. The van der Waals surface area contributed by atoms with Crippen molar-refractivity contribution in [2.24, 2.45) is 0 Å². The third kappa shape index (κ3) is 2.16. The Morgan fingerprint density at radius 2 is 1.90 bits per heavy atom. The van der Waals surface area contributed by atoms with Crippen LogP contribution in [0.3, 0.4) is 0 Å². The van der Waals surface area contributed by atoms with Gasteiger partial charge in [0.25, 0.3) is 0 Å². The predicted molar refractivity (Wildman–Crippen MR) is 80.3 cm³/mol. The molecular formula is C17H17NO2. The molecule has 2 aromatic carbocycles. The molecule has 0 radical (unpaired) electrons. The fraction of sp³-hybridized carbons (Fsp3) is 0.235. The molecule has 1 aliphatic rings. The zero-order chi connectivity index (χ0) is 13.9. The van der Waals surface area contributed by atoms with Crippen LogP contribution in [-0.4, -0.2) is 12.8 Å². The second kappa shape index (κ2) is 5.37. The summed E-state index contributed by atoms with van der Waals surface area (Å²) in [5, 5.41) is 0. The lowest BCUT2D eigenvalue weighted by molar-refractivity contribution is 0.112. The van der Waals surface area contributed by atoms with E-state index >= 15 is 0 Å². The van der Waals surface area contributed by atoms with Gasteiger partial charge in [-0.2, -0.15) is 0 Å². The van der Waals surface area contributed by atoms with Crippen LogP contribution in [0, 0.1) is 0 Å². The van der Waals surface area contributed by atoms with Crippen LogP contribution >= 0.6 is 0 Å². The highest BCUT2D eigenvalue weighted by Crippen LogP contribution is 2.46. The van der Waals surface area contributed by atoms with Gasteiger partial charge < -0.3 is 9.64 Å². The molecule has 3 heteroatoms. The lowest BCUT2D eigenvalue weighted by Gasteiger charge is -2.32. The number of aldehydes is 1. The average molecular weight is 267 g/mol. The lowest BCUT2D eigenvalue weighted by atomic mass is 10.1. The molecule has 0 atom stereocenters. The Bertz CT molecular complexity index is 637. The normalized spacial score (nSPS) is 12.3. The highest BCUT2D eigenvalue weighted by molar-refractivity contribution is 5.83. The number of fused-ring (bicyclic) bond motifs is 2. The fourth-order valence-corrected chi connectivity index (χ4v) is 2.48. The number of carbonyl (C=O) groups is 1. The second-order valence-corrected chi connectivity index (χ2v) is 4.92. The molecule has 1 aliphatic heterocycles. The number of hydrogen-bond acceptors (Lipinski definition) is 3. The van der Waals surface area contributed by atoms with Gasteiger partial charge in [0.2, 0.25) is 0 Å². The van der Waals surface area contributed by atoms with E-state index in [1.807, 2.05) is 30.3 Å². The minimum absolute atomic E-state index is 0.638. The quantitative estimate of drug-likeness (QED) is 0.761. The molecule has 0 bridgehead atoms. The van der Waals surface area contributed by atoms with Crippen molar-refractivity contribution in [2.75, 3.05) is 11.4 Å². The van der Waals surface area contributed by atoms with Gasteiger partial charge in [-0.1, -0.05) is 25.5 Å². The Hall–Kier alpha value is -2.29. The van der Waals surface area contributed by atoms with Gasteiger partial charge in [0.1, 0.15) is 6.29 Å². The molecule has 3 rings (SSSR count). The van der Waals surface area contributed by atoms with Crippen molar-refractivity contribution in [1.82, 2.24) is 0 Å². The molecular weight excluding hydrogens is 250 g/mol. The van der Waals surface area contributed by atoms with Gasteiger partial charge in [-0.3, -0.25) is 4.79 Å². The van der Waals surface area contributed by atoms with Crippen LogP contribution in [0.15, 0.2) is 42.5 Å². The fourth-order valence-electron chi connectivity index (χ4n) is 2.48. The first-order valence-corrected chi connectivity index (χ1v) is 6.97. The van der Waals surface area contributed by atoms with E-state index < -0.39 is 0 Å². The standard InChI is InChI=1S/C17H17NO2/c1-2-3-10-18-14-6-4-5-7-16(14)20-17-11-13(12-19)8-9-15(17)18/h4-9,11-12H,2-3,10H2,1H3. The molecule has 2 aromatic rings. The third-order valence-corrected chi connectivity index (χ3v) is 3.52. The van der Waals surface area contributed by atoms with Gasteiger partial charge in [0.05, 0.1) is 11.4 Å². The molecule has 0 amide bonds. The van der Waals surface area contributed by atoms with Crippen molar-refractivity contribution in [3.8, 4) is 11.5 Å². The lowest BCUT2D eigenvalue weighted by Crippen LogP contribution is -2.22. The molecule has 0 spiro atoms. The van der Waals surface area contributed by atoms with E-state index in [9.17, 15) is 4.79 Å². The van der Waals surface area contributed by atoms with E-state index in [4.69, 9.17) is 4.74 Å². The van der Waals surface area contributed by atoms with Crippen LogP contribution < -0.4 is 9.64 Å². The maximum absolute atomic E-state index is 10.9. The molecule has 0 unspecified atom stereocenters. The Kier molecular flexibility index (Phi) is 3.42. The summed E-state index contributed by atoms with van der Waals surface area (Å²) < 4.78 is 5.93. The van der Waals surface area contributed by atoms with Gasteiger partial charge in [0, 0.05) is 12.1 Å². The Morgan fingerprint density at radius 3 is 2.70 bits per heavy atom. The molecule has 20 heavy (non-hydrogen) atoms. The van der Waals surface area contributed by atoms with Crippen molar-refractivity contribution < 1.29 is 9.53 Å². The second-order valence-electron chi connectivity index (χ2n) is 4.92. The van der Waals surface area contributed by atoms with Crippen molar-refractivity contribution in [3.05, 3.63) is 48.0 Å². The van der Waals surface area contributed by atoms with E-state index in [0.29, 0.717) is 5.56 Å². The summed E-state index contributed by atoms with van der Waals surface area (Å²) in [4.78, 5) is 13.2. The van der Waals surface area contributed by atoms with Crippen LogP contribution in [0.2, 0.25) is 0 Å². The summed E-state index contributed by atoms with van der Waals surface area (Å²) in [6.07, 6.45) is 3.10. The van der Waals surface area contributed by atoms with Crippen molar-refractivity contribution in [2.45, 2.75) is 19.8 Å². The smallest absolute Gasteiger partial charge is 0.151 e. The number of unbranched alkanes of at least 4 members (excludes halogenated alkanes) is 1. The van der Waals surface area contributed by atoms with E-state index in [1.54, 1.807) is 6.07 Å². The summed E-state index contributed by atoms with van der Waals surface area (Å²) in [7, 11) is 0. The highest BCUT2D eigenvalue weighted by atomic mass is 16.5. The Balaban J connectivity index is 2.07. The van der Waals surface area contributed by atoms with Gasteiger partial charge in [-0.15, -0.1) is 0 Å². The maximum Gasteiger partial charge on any atom is 0.151 e. The molecule has 3 nitrogen and oxygen atoms in total. The van der Waals surface area contributed by atoms with Gasteiger partial charge in [-0.25, -0.2) is 0 Å². The van der Waals surface area contributed by atoms with Gasteiger partial charge >= 0.3 is 0 Å². The van der Waals surface area contributed by atoms with E-state index in [2.05, 4.69) is 17.9 Å². The first-order valence-electron chi connectivity index (χ1n) is 6.97. The monoisotopic (exact) mass is 267 g/mol. The molecule has 0 N–H and O–H groups in total. The first-order chi connectivity index (χ1) is 9.83. The summed E-state index contributed by atoms with van der Waals surface area (Å²) in [6, 6.07) is 13.6. The summed E-state index contributed by atoms with van der Waals surface area (Å²) in [6.45, 7) is 3.13. The minimum atomic E-state index is 0.638. The molecule has 0 saturated heterocycles.